The summed E-state index contributed by atoms with van der Waals surface area (Å²) in [5, 5.41) is 0. The molecule has 2 N–H and O–H groups in total. The van der Waals surface area contributed by atoms with E-state index in [1.807, 2.05) is 6.07 Å². The third-order valence-corrected chi connectivity index (χ3v) is 7.40. The second-order valence-electron chi connectivity index (χ2n) is 8.31. The van der Waals surface area contributed by atoms with Crippen LogP contribution in [-0.4, -0.2) is 58.5 Å². The number of carbonyl (C=O) groups is 1. The van der Waals surface area contributed by atoms with Crippen LogP contribution in [0, 0.1) is 0 Å². The molecule has 33 heavy (non-hydrogen) atoms. The summed E-state index contributed by atoms with van der Waals surface area (Å²) < 4.78 is 59.0. The lowest BCUT2D eigenvalue weighted by molar-refractivity contribution is -0.146. The Hall–Kier alpha value is -2.51. The Morgan fingerprint density at radius 1 is 0.939 bits per heavy atom. The van der Waals surface area contributed by atoms with Crippen LogP contribution in [-0.2, 0) is 29.7 Å². The molecule has 0 saturated heterocycles. The minimum atomic E-state index is -4.11. The Balaban J connectivity index is 2.22. The highest BCUT2D eigenvalue weighted by atomic mass is 32.2. The number of sulfone groups is 1. The van der Waals surface area contributed by atoms with Crippen LogP contribution in [0.2, 0.25) is 0 Å². The fourth-order valence-electron chi connectivity index (χ4n) is 2.38. The van der Waals surface area contributed by atoms with Crippen molar-refractivity contribution in [3.05, 3.63) is 54.6 Å². The van der Waals surface area contributed by atoms with Crippen LogP contribution in [0.3, 0.4) is 0 Å². The quantitative estimate of drug-likeness (QED) is 0.477. The van der Waals surface area contributed by atoms with E-state index in [2.05, 4.69) is 10.2 Å². The van der Waals surface area contributed by atoms with E-state index >= 15 is 0 Å². The average molecular weight is 500 g/mol. The maximum Gasteiger partial charge on any atom is 0.279 e. The zero-order valence-corrected chi connectivity index (χ0v) is 20.7. The molecular formula is C21H29N3O7S2. The molecule has 2 rings (SSSR count). The van der Waals surface area contributed by atoms with E-state index < -0.39 is 43.3 Å². The summed E-state index contributed by atoms with van der Waals surface area (Å²) in [5.74, 6) is -0.760. The number of ether oxygens (including phenoxy) is 1. The molecule has 2 aromatic rings. The summed E-state index contributed by atoms with van der Waals surface area (Å²) in [6.45, 7) is 5.01. The molecule has 0 heterocycles. The van der Waals surface area contributed by atoms with Crippen LogP contribution in [0.1, 0.15) is 20.8 Å². The Bertz CT molecular complexity index is 1140. The molecule has 1 amide bonds. The van der Waals surface area contributed by atoms with Gasteiger partial charge in [-0.3, -0.25) is 9.63 Å². The molecule has 0 aliphatic heterocycles. The Labute approximate surface area is 194 Å². The highest BCUT2D eigenvalue weighted by Gasteiger charge is 2.32. The second-order valence-corrected chi connectivity index (χ2v) is 12.3. The largest absolute Gasteiger partial charge is 0.457 e. The molecule has 0 saturated carbocycles. The SMILES string of the molecule is CN(C)S(=O)(=O)N[C@@H](CS(=O)(=O)c1ccc(Oc2ccccc2)cc1)C(=O)NOC(C)(C)C. The van der Waals surface area contributed by atoms with Crippen molar-refractivity contribution in [2.75, 3.05) is 19.8 Å². The summed E-state index contributed by atoms with van der Waals surface area (Å²) in [5.41, 5.74) is 1.36. The fraction of sp³-hybridized carbons (Fsp3) is 0.381. The number of hydrogen-bond acceptors (Lipinski definition) is 7. The Morgan fingerprint density at radius 2 is 1.48 bits per heavy atom. The van der Waals surface area contributed by atoms with E-state index in [4.69, 9.17) is 9.57 Å². The van der Waals surface area contributed by atoms with Gasteiger partial charge < -0.3 is 4.74 Å². The summed E-state index contributed by atoms with van der Waals surface area (Å²) in [6, 6.07) is 12.9. The van der Waals surface area contributed by atoms with Gasteiger partial charge in [0.05, 0.1) is 16.2 Å². The Kier molecular flexibility index (Phi) is 8.60. The van der Waals surface area contributed by atoms with Gasteiger partial charge in [-0.25, -0.2) is 13.9 Å². The van der Waals surface area contributed by atoms with Crippen molar-refractivity contribution in [3.8, 4) is 11.5 Å². The maximum atomic E-state index is 13.0. The lowest BCUT2D eigenvalue weighted by atomic mass is 10.2. The van der Waals surface area contributed by atoms with Crippen molar-refractivity contribution in [2.45, 2.75) is 37.3 Å². The molecule has 0 bridgehead atoms. The average Bonchev–Trinajstić information content (AvgIpc) is 2.71. The van der Waals surface area contributed by atoms with Gasteiger partial charge in [0.2, 0.25) is 0 Å². The molecule has 0 spiro atoms. The number of amides is 1. The topological polar surface area (TPSA) is 131 Å². The first-order valence-corrected chi connectivity index (χ1v) is 13.0. The normalized spacial score (nSPS) is 13.5. The number of hydroxylamine groups is 1. The molecule has 0 unspecified atom stereocenters. The molecule has 0 radical (unpaired) electrons. The van der Waals surface area contributed by atoms with Gasteiger partial charge in [-0.15, -0.1) is 0 Å². The molecule has 1 atom stereocenters. The van der Waals surface area contributed by atoms with Gasteiger partial charge in [-0.1, -0.05) is 18.2 Å². The van der Waals surface area contributed by atoms with Crippen LogP contribution in [0.25, 0.3) is 0 Å². The van der Waals surface area contributed by atoms with Gasteiger partial charge in [-0.05, 0) is 57.2 Å². The van der Waals surface area contributed by atoms with Gasteiger partial charge in [0, 0.05) is 14.1 Å². The number of carbonyl (C=O) groups excluding carboxylic acids is 1. The monoisotopic (exact) mass is 499 g/mol. The van der Waals surface area contributed by atoms with Crippen molar-refractivity contribution < 1.29 is 31.2 Å². The molecule has 0 fully saturated rings. The zero-order chi connectivity index (χ0) is 24.9. The first-order valence-electron chi connectivity index (χ1n) is 9.93. The number of nitrogens with zero attached hydrogens (tertiary/aromatic N) is 1. The Morgan fingerprint density at radius 3 is 2.00 bits per heavy atom. The summed E-state index contributed by atoms with van der Waals surface area (Å²) in [4.78, 5) is 17.7. The summed E-state index contributed by atoms with van der Waals surface area (Å²) >= 11 is 0. The third kappa shape index (κ3) is 8.41. The van der Waals surface area contributed by atoms with E-state index in [1.165, 1.54) is 38.4 Å². The molecular weight excluding hydrogens is 470 g/mol. The second kappa shape index (κ2) is 10.6. The predicted octanol–water partition coefficient (Wildman–Crippen LogP) is 1.86. The van der Waals surface area contributed by atoms with Gasteiger partial charge in [0.1, 0.15) is 17.5 Å². The number of nitrogens with one attached hydrogen (secondary N) is 2. The lowest BCUT2D eigenvalue weighted by Crippen LogP contribution is -2.53. The third-order valence-electron chi connectivity index (χ3n) is 4.09. The highest BCUT2D eigenvalue weighted by Crippen LogP contribution is 2.23. The van der Waals surface area contributed by atoms with Gasteiger partial charge in [-0.2, -0.15) is 17.4 Å². The van der Waals surface area contributed by atoms with E-state index in [0.29, 0.717) is 11.5 Å². The number of rotatable bonds is 10. The van der Waals surface area contributed by atoms with Crippen LogP contribution in [0.5, 0.6) is 11.5 Å². The molecule has 12 heteroatoms. The van der Waals surface area contributed by atoms with E-state index in [1.54, 1.807) is 45.0 Å². The first-order chi connectivity index (χ1) is 15.2. The lowest BCUT2D eigenvalue weighted by Gasteiger charge is -2.24. The van der Waals surface area contributed by atoms with Crippen LogP contribution < -0.4 is 14.9 Å². The molecule has 2 aromatic carbocycles. The minimum absolute atomic E-state index is 0.0958. The first kappa shape index (κ1) is 26.7. The van der Waals surface area contributed by atoms with Crippen LogP contribution in [0.15, 0.2) is 59.5 Å². The van der Waals surface area contributed by atoms with Crippen molar-refractivity contribution in [1.82, 2.24) is 14.5 Å². The smallest absolute Gasteiger partial charge is 0.279 e. The molecule has 0 aliphatic rings. The van der Waals surface area contributed by atoms with Gasteiger partial charge in [0.15, 0.2) is 9.84 Å². The standard InChI is InChI=1S/C21H29N3O7S2/c1-21(2,3)31-22-20(25)19(23-33(28,29)24(4)5)15-32(26,27)18-13-11-17(12-14-18)30-16-9-7-6-8-10-16/h6-14,19,23H,15H2,1-5H3,(H,22,25)/t19-/m0/s1. The van der Waals surface area contributed by atoms with Crippen LogP contribution >= 0.6 is 0 Å². The zero-order valence-electron chi connectivity index (χ0n) is 19.1. The van der Waals surface area contributed by atoms with Crippen LogP contribution in [0.4, 0.5) is 0 Å². The number of para-hydroxylation sites is 1. The highest BCUT2D eigenvalue weighted by molar-refractivity contribution is 7.91. The molecule has 10 nitrogen and oxygen atoms in total. The van der Waals surface area contributed by atoms with E-state index in [9.17, 15) is 21.6 Å². The molecule has 0 aromatic heterocycles. The molecule has 182 valence electrons. The maximum absolute atomic E-state index is 13.0. The molecule has 0 aliphatic carbocycles. The van der Waals surface area contributed by atoms with Crippen molar-refractivity contribution in [1.29, 1.82) is 0 Å². The summed E-state index contributed by atoms with van der Waals surface area (Å²) in [7, 11) is -5.67. The predicted molar refractivity (Wildman–Crippen MR) is 124 cm³/mol. The number of benzene rings is 2. The van der Waals surface area contributed by atoms with E-state index in [0.717, 1.165) is 4.31 Å². The van der Waals surface area contributed by atoms with Gasteiger partial charge >= 0.3 is 0 Å². The summed E-state index contributed by atoms with van der Waals surface area (Å²) in [6.07, 6.45) is 0. The fourth-order valence-corrected chi connectivity index (χ4v) is 4.66. The van der Waals surface area contributed by atoms with Gasteiger partial charge in [0.25, 0.3) is 16.1 Å². The van der Waals surface area contributed by atoms with Crippen molar-refractivity contribution >= 4 is 26.0 Å². The van der Waals surface area contributed by atoms with Crippen molar-refractivity contribution in [3.63, 3.8) is 0 Å². The minimum Gasteiger partial charge on any atom is -0.457 e. The van der Waals surface area contributed by atoms with Crippen molar-refractivity contribution in [2.24, 2.45) is 0 Å². The number of hydrogen-bond donors (Lipinski definition) is 2. The van der Waals surface area contributed by atoms with E-state index in [-0.39, 0.29) is 4.90 Å².